The molecule has 0 spiro atoms. The van der Waals surface area contributed by atoms with E-state index in [1.54, 1.807) is 0 Å². The van der Waals surface area contributed by atoms with Crippen LogP contribution in [0, 0.1) is 0 Å². The third kappa shape index (κ3) is 7.81. The van der Waals surface area contributed by atoms with E-state index < -0.39 is 0 Å². The average molecular weight is 569 g/mol. The van der Waals surface area contributed by atoms with E-state index >= 15 is 0 Å². The van der Waals surface area contributed by atoms with Crippen molar-refractivity contribution in [3.63, 3.8) is 0 Å². The van der Waals surface area contributed by atoms with Gasteiger partial charge in [0.1, 0.15) is 0 Å². The van der Waals surface area contributed by atoms with Crippen molar-refractivity contribution in [3.8, 4) is 0 Å². The first-order valence-corrected chi connectivity index (χ1v) is 17.2. The fourth-order valence-corrected chi connectivity index (χ4v) is 8.84. The second kappa shape index (κ2) is 14.3. The van der Waals surface area contributed by atoms with Crippen molar-refractivity contribution < 1.29 is 0 Å². The van der Waals surface area contributed by atoms with Crippen molar-refractivity contribution >= 4 is 77.1 Å². The van der Waals surface area contributed by atoms with Crippen LogP contribution in [0.2, 0.25) is 0 Å². The van der Waals surface area contributed by atoms with Gasteiger partial charge >= 0.3 is 0 Å². The van der Waals surface area contributed by atoms with Crippen LogP contribution in [0.1, 0.15) is 97.2 Å². The maximum atomic E-state index is 2.36. The number of aryl methyl sites for hydroxylation is 2. The van der Waals surface area contributed by atoms with Crippen LogP contribution in [-0.4, -0.2) is 0 Å². The predicted octanol–water partition coefficient (Wildman–Crippen LogP) is 12.8. The Kier molecular flexibility index (Phi) is 10.3. The summed E-state index contributed by atoms with van der Waals surface area (Å²) in [7, 11) is 0. The molecule has 0 fully saturated rings. The van der Waals surface area contributed by atoms with E-state index in [1.807, 2.05) is 34.0 Å². The minimum Gasteiger partial charge on any atom is -0.133 e. The van der Waals surface area contributed by atoms with Crippen LogP contribution in [0.5, 0.6) is 0 Å². The largest absolute Gasteiger partial charge is 0.133 e. The van der Waals surface area contributed by atoms with Gasteiger partial charge in [-0.25, -0.2) is 0 Å². The second-order valence-corrected chi connectivity index (χ2v) is 13.8. The Morgan fingerprint density at radius 2 is 0.923 bits per heavy atom. The molecule has 5 rings (SSSR count). The molecular weight excluding hydrogens is 529 g/mol. The van der Waals surface area contributed by atoms with Gasteiger partial charge in [-0.05, 0) is 72.2 Å². The lowest BCUT2D eigenvalue weighted by Gasteiger charge is -2.01. The van der Waals surface area contributed by atoms with E-state index in [0.29, 0.717) is 0 Å². The van der Waals surface area contributed by atoms with Crippen LogP contribution in [-0.2, 0) is 12.8 Å². The molecule has 2 aromatic carbocycles. The minimum absolute atomic E-state index is 1.20. The van der Waals surface area contributed by atoms with Gasteiger partial charge in [-0.1, -0.05) is 113 Å². The summed E-state index contributed by atoms with van der Waals surface area (Å²) in [5, 5.41) is 0. The summed E-state index contributed by atoms with van der Waals surface area (Å²) in [5.74, 6) is 0. The highest BCUT2D eigenvalue weighted by molar-refractivity contribution is 7.38. The molecule has 3 heteroatoms. The highest BCUT2D eigenvalue weighted by Gasteiger charge is 2.11. The normalized spacial score (nSPS) is 12.2. The Morgan fingerprint density at radius 3 is 1.33 bits per heavy atom. The van der Waals surface area contributed by atoms with Gasteiger partial charge < -0.3 is 0 Å². The molecule has 0 amide bonds. The van der Waals surface area contributed by atoms with Crippen LogP contribution >= 0.6 is 34.0 Å². The molecule has 0 nitrogen and oxygen atoms in total. The number of benzene rings is 2. The molecule has 3 aromatic heterocycles. The summed E-state index contributed by atoms with van der Waals surface area (Å²) in [6.07, 6.45) is 22.1. The smallest absolute Gasteiger partial charge is 0.0635 e. The van der Waals surface area contributed by atoms with E-state index in [9.17, 15) is 0 Å². The molecule has 0 aliphatic heterocycles. The summed E-state index contributed by atoms with van der Waals surface area (Å²) < 4.78 is 5.70. The van der Waals surface area contributed by atoms with Crippen molar-refractivity contribution in [2.75, 3.05) is 0 Å². The standard InChI is InChI=1S/C36H40S3/c1-3-5-7-9-11-27-13-17-29(18-14-27)21-23-31-25-33-35(37-31)36-34(39-33)26-32(38-36)24-22-30-19-15-28(16-20-30)12-10-8-6-4-2/h13-26H,3-12H2,1-2H3. The van der Waals surface area contributed by atoms with Crippen LogP contribution < -0.4 is 0 Å². The fourth-order valence-electron chi connectivity index (χ4n) is 4.99. The topological polar surface area (TPSA) is 0 Å². The lowest BCUT2D eigenvalue weighted by atomic mass is 10.0. The molecule has 0 unspecified atom stereocenters. The number of hydrogen-bond acceptors (Lipinski definition) is 3. The number of fused-ring (bicyclic) bond motifs is 3. The zero-order chi connectivity index (χ0) is 26.9. The maximum Gasteiger partial charge on any atom is 0.0635 e. The Balaban J connectivity index is 1.20. The summed E-state index contributed by atoms with van der Waals surface area (Å²) in [4.78, 5) is 2.67. The van der Waals surface area contributed by atoms with Crippen LogP contribution in [0.4, 0.5) is 0 Å². The lowest BCUT2D eigenvalue weighted by Crippen LogP contribution is -1.85. The SMILES string of the molecule is CCCCCCc1ccc(C=Cc2cc3sc4cc(C=Cc5ccc(CCCCCC)cc5)sc4c3s2)cc1. The molecule has 202 valence electrons. The van der Waals surface area contributed by atoms with Crippen molar-refractivity contribution in [2.24, 2.45) is 0 Å². The second-order valence-electron chi connectivity index (χ2n) is 10.6. The quantitative estimate of drug-likeness (QED) is 0.117. The lowest BCUT2D eigenvalue weighted by molar-refractivity contribution is 0.667. The molecule has 0 atom stereocenters. The Bertz CT molecular complexity index is 1390. The first-order chi connectivity index (χ1) is 19.2. The van der Waals surface area contributed by atoms with Crippen LogP contribution in [0.15, 0.2) is 60.7 Å². The molecule has 3 heterocycles. The van der Waals surface area contributed by atoms with Crippen molar-refractivity contribution in [2.45, 2.75) is 78.1 Å². The summed E-state index contributed by atoms with van der Waals surface area (Å²) in [5.41, 5.74) is 5.48. The van der Waals surface area contributed by atoms with Gasteiger partial charge in [0.15, 0.2) is 0 Å². The van der Waals surface area contributed by atoms with Gasteiger partial charge in [0, 0.05) is 19.2 Å². The van der Waals surface area contributed by atoms with Crippen LogP contribution in [0.3, 0.4) is 0 Å². The third-order valence-corrected chi connectivity index (χ3v) is 11.0. The summed E-state index contributed by atoms with van der Waals surface area (Å²) in [6, 6.07) is 23.0. The van der Waals surface area contributed by atoms with Gasteiger partial charge in [0.25, 0.3) is 0 Å². The molecule has 0 radical (unpaired) electrons. The van der Waals surface area contributed by atoms with Gasteiger partial charge in [-0.2, -0.15) is 0 Å². The highest BCUT2D eigenvalue weighted by Crippen LogP contribution is 2.44. The molecule has 0 aliphatic carbocycles. The van der Waals surface area contributed by atoms with Gasteiger partial charge in [-0.3, -0.25) is 0 Å². The fraction of sp³-hybridized carbons (Fsp3) is 0.333. The molecule has 0 aliphatic rings. The van der Waals surface area contributed by atoms with Crippen LogP contribution in [0.25, 0.3) is 43.1 Å². The van der Waals surface area contributed by atoms with Gasteiger partial charge in [0.2, 0.25) is 0 Å². The molecule has 0 bridgehead atoms. The van der Waals surface area contributed by atoms with Gasteiger partial charge in [0.05, 0.1) is 9.40 Å². The third-order valence-electron chi connectivity index (χ3n) is 7.34. The molecule has 0 saturated heterocycles. The number of unbranched alkanes of at least 4 members (excludes halogenated alkanes) is 6. The number of thiophene rings is 3. The number of rotatable bonds is 14. The monoisotopic (exact) mass is 568 g/mol. The number of hydrogen-bond donors (Lipinski definition) is 0. The zero-order valence-corrected chi connectivity index (χ0v) is 25.8. The van der Waals surface area contributed by atoms with E-state index in [1.165, 1.54) is 115 Å². The molecule has 39 heavy (non-hydrogen) atoms. The van der Waals surface area contributed by atoms with Gasteiger partial charge in [-0.15, -0.1) is 34.0 Å². The minimum atomic E-state index is 1.20. The first kappa shape index (κ1) is 28.1. The van der Waals surface area contributed by atoms with E-state index in [4.69, 9.17) is 0 Å². The molecule has 0 N–H and O–H groups in total. The summed E-state index contributed by atoms with van der Waals surface area (Å²) in [6.45, 7) is 4.54. The molecule has 5 aromatic rings. The Labute approximate surface area is 246 Å². The summed E-state index contributed by atoms with van der Waals surface area (Å²) >= 11 is 5.77. The first-order valence-electron chi connectivity index (χ1n) is 14.7. The Hall–Kier alpha value is -2.46. The zero-order valence-electron chi connectivity index (χ0n) is 23.4. The predicted molar refractivity (Wildman–Crippen MR) is 182 cm³/mol. The average Bonchev–Trinajstić information content (AvgIpc) is 3.63. The molecular formula is C36H40S3. The molecule has 0 saturated carbocycles. The van der Waals surface area contributed by atoms with E-state index in [2.05, 4.69) is 98.8 Å². The van der Waals surface area contributed by atoms with Crippen molar-refractivity contribution in [1.82, 2.24) is 0 Å². The van der Waals surface area contributed by atoms with Crippen molar-refractivity contribution in [1.29, 1.82) is 0 Å². The Morgan fingerprint density at radius 1 is 0.487 bits per heavy atom. The highest BCUT2D eigenvalue weighted by atomic mass is 32.1. The van der Waals surface area contributed by atoms with E-state index in [-0.39, 0.29) is 0 Å². The maximum absolute atomic E-state index is 2.36. The van der Waals surface area contributed by atoms with E-state index in [0.717, 1.165) is 0 Å². The van der Waals surface area contributed by atoms with Crippen molar-refractivity contribution in [3.05, 3.63) is 92.7 Å².